The number of ether oxygens (including phenoxy) is 1. The molecule has 2 heterocycles. The molecule has 3 rings (SSSR count). The zero-order valence-corrected chi connectivity index (χ0v) is 15.2. The summed E-state index contributed by atoms with van der Waals surface area (Å²) in [5.41, 5.74) is 2.17. The number of aliphatic hydroxyl groups is 1. The van der Waals surface area contributed by atoms with Crippen LogP contribution in [0.15, 0.2) is 24.3 Å². The number of rotatable bonds is 5. The van der Waals surface area contributed by atoms with Crippen LogP contribution in [0.4, 0.5) is 0 Å². The number of hydrogen-bond donors (Lipinski definition) is 3. The molecule has 0 bridgehead atoms. The maximum atomic E-state index is 12.2. The van der Waals surface area contributed by atoms with Crippen molar-refractivity contribution in [3.8, 4) is 0 Å². The van der Waals surface area contributed by atoms with E-state index >= 15 is 0 Å². The number of fused-ring (bicyclic) bond motifs is 1. The summed E-state index contributed by atoms with van der Waals surface area (Å²) in [6.07, 6.45) is 0.974. The van der Waals surface area contributed by atoms with Gasteiger partial charge in [0.15, 0.2) is 0 Å². The van der Waals surface area contributed by atoms with E-state index in [1.165, 1.54) is 5.56 Å². The molecule has 0 aliphatic carbocycles. The van der Waals surface area contributed by atoms with Gasteiger partial charge < -0.3 is 20.3 Å². The predicted molar refractivity (Wildman–Crippen MR) is 96.6 cm³/mol. The Balaban J connectivity index is 0.000000758. The Bertz CT molecular complexity index is 609. The quantitative estimate of drug-likeness (QED) is 0.663. The summed E-state index contributed by atoms with van der Waals surface area (Å²) in [4.78, 5) is 22.8. The van der Waals surface area contributed by atoms with Gasteiger partial charge in [-0.3, -0.25) is 14.5 Å². The highest BCUT2D eigenvalue weighted by Gasteiger charge is 2.48. The number of nitrogens with one attached hydrogen (secondary N) is 1. The second-order valence-electron chi connectivity index (χ2n) is 7.04. The van der Waals surface area contributed by atoms with E-state index in [2.05, 4.69) is 23.2 Å². The van der Waals surface area contributed by atoms with Crippen molar-refractivity contribution in [2.75, 3.05) is 39.5 Å². The lowest BCUT2D eigenvalue weighted by Gasteiger charge is -2.36. The van der Waals surface area contributed by atoms with Crippen molar-refractivity contribution in [2.24, 2.45) is 11.3 Å². The van der Waals surface area contributed by atoms with Crippen molar-refractivity contribution in [3.63, 3.8) is 0 Å². The van der Waals surface area contributed by atoms with Gasteiger partial charge in [0.2, 0.25) is 5.91 Å². The maximum Gasteiger partial charge on any atom is 0.290 e. The van der Waals surface area contributed by atoms with Crippen molar-refractivity contribution in [1.82, 2.24) is 10.2 Å². The van der Waals surface area contributed by atoms with Gasteiger partial charge in [0, 0.05) is 31.7 Å². The average molecular weight is 364 g/mol. The van der Waals surface area contributed by atoms with E-state index in [0.29, 0.717) is 25.6 Å². The van der Waals surface area contributed by atoms with Crippen LogP contribution in [0.5, 0.6) is 0 Å². The first-order valence-corrected chi connectivity index (χ1v) is 8.84. The summed E-state index contributed by atoms with van der Waals surface area (Å²) in [5, 5.41) is 19.7. The van der Waals surface area contributed by atoms with Crippen LogP contribution in [0.3, 0.4) is 0 Å². The minimum Gasteiger partial charge on any atom is -0.483 e. The molecule has 0 aromatic heterocycles. The molecule has 7 nitrogen and oxygen atoms in total. The molecule has 1 amide bonds. The molecule has 0 radical (unpaired) electrons. The van der Waals surface area contributed by atoms with Crippen molar-refractivity contribution >= 4 is 12.4 Å². The Kier molecular flexibility index (Phi) is 7.56. The monoisotopic (exact) mass is 364 g/mol. The number of aryl methyl sites for hydroxylation is 1. The number of amides is 1. The fraction of sp³-hybridized carbons (Fsp3) is 0.579. The summed E-state index contributed by atoms with van der Waals surface area (Å²) in [6, 6.07) is 8.09. The number of hydrogen-bond acceptors (Lipinski definition) is 5. The molecule has 7 heteroatoms. The van der Waals surface area contributed by atoms with Crippen LogP contribution in [0, 0.1) is 18.3 Å². The van der Waals surface area contributed by atoms with Crippen molar-refractivity contribution in [1.29, 1.82) is 0 Å². The molecule has 2 atom stereocenters. The zero-order valence-electron chi connectivity index (χ0n) is 15.2. The third-order valence-electron chi connectivity index (χ3n) is 5.30. The zero-order chi connectivity index (χ0) is 19.0. The number of benzene rings is 1. The Labute approximate surface area is 154 Å². The molecule has 144 valence electrons. The Morgan fingerprint density at radius 3 is 2.85 bits per heavy atom. The second kappa shape index (κ2) is 9.66. The lowest BCUT2D eigenvalue weighted by atomic mass is 9.76. The first kappa shape index (κ1) is 20.4. The third-order valence-corrected chi connectivity index (χ3v) is 5.30. The van der Waals surface area contributed by atoms with Crippen LogP contribution in [-0.2, 0) is 20.9 Å². The second-order valence-corrected chi connectivity index (χ2v) is 7.04. The smallest absolute Gasteiger partial charge is 0.290 e. The van der Waals surface area contributed by atoms with Gasteiger partial charge in [-0.25, -0.2) is 0 Å². The number of carbonyl (C=O) groups is 2. The lowest BCUT2D eigenvalue weighted by molar-refractivity contribution is -0.123. The predicted octanol–water partition coefficient (Wildman–Crippen LogP) is 0.643. The average Bonchev–Trinajstić information content (AvgIpc) is 3.00. The number of carbonyl (C=O) groups excluding carboxylic acids is 1. The van der Waals surface area contributed by atoms with Gasteiger partial charge >= 0.3 is 0 Å². The van der Waals surface area contributed by atoms with Crippen molar-refractivity contribution in [3.05, 3.63) is 35.4 Å². The summed E-state index contributed by atoms with van der Waals surface area (Å²) in [7, 11) is 0. The molecule has 2 saturated heterocycles. The van der Waals surface area contributed by atoms with Crippen LogP contribution in [-0.4, -0.2) is 66.9 Å². The molecule has 1 aromatic carbocycles. The fourth-order valence-electron chi connectivity index (χ4n) is 3.81. The summed E-state index contributed by atoms with van der Waals surface area (Å²) < 4.78 is 5.56. The largest absolute Gasteiger partial charge is 0.483 e. The van der Waals surface area contributed by atoms with E-state index in [-0.39, 0.29) is 24.4 Å². The third kappa shape index (κ3) is 5.03. The van der Waals surface area contributed by atoms with Gasteiger partial charge in [0.25, 0.3) is 6.47 Å². The van der Waals surface area contributed by atoms with Crippen LogP contribution >= 0.6 is 0 Å². The summed E-state index contributed by atoms with van der Waals surface area (Å²) >= 11 is 0. The van der Waals surface area contributed by atoms with E-state index in [0.717, 1.165) is 31.7 Å². The highest BCUT2D eigenvalue weighted by Crippen LogP contribution is 2.40. The Hall–Kier alpha value is -1.96. The molecule has 2 aliphatic rings. The topological polar surface area (TPSA) is 99.1 Å². The van der Waals surface area contributed by atoms with Gasteiger partial charge in [0.05, 0.1) is 19.8 Å². The normalized spacial score (nSPS) is 24.9. The molecule has 26 heavy (non-hydrogen) atoms. The summed E-state index contributed by atoms with van der Waals surface area (Å²) in [6.45, 7) is 5.89. The Morgan fingerprint density at radius 1 is 1.46 bits per heavy atom. The van der Waals surface area contributed by atoms with Gasteiger partial charge in [-0.05, 0) is 30.4 Å². The van der Waals surface area contributed by atoms with Gasteiger partial charge in [-0.1, -0.05) is 24.3 Å². The first-order valence-electron chi connectivity index (χ1n) is 8.84. The van der Waals surface area contributed by atoms with E-state index < -0.39 is 0 Å². The van der Waals surface area contributed by atoms with Gasteiger partial charge in [-0.15, -0.1) is 0 Å². The van der Waals surface area contributed by atoms with E-state index in [4.69, 9.17) is 14.6 Å². The van der Waals surface area contributed by atoms with Crippen LogP contribution < -0.4 is 5.32 Å². The van der Waals surface area contributed by atoms with E-state index in [1.54, 1.807) is 0 Å². The lowest BCUT2D eigenvalue weighted by Crippen LogP contribution is -2.43. The number of nitrogens with zero attached hydrogens (tertiary/aromatic N) is 1. The molecule has 0 saturated carbocycles. The fourth-order valence-corrected chi connectivity index (χ4v) is 3.81. The Morgan fingerprint density at radius 2 is 2.19 bits per heavy atom. The number of carboxylic acid groups (broad SMARTS) is 1. The van der Waals surface area contributed by atoms with E-state index in [1.807, 2.05) is 18.2 Å². The molecule has 0 spiro atoms. The van der Waals surface area contributed by atoms with Gasteiger partial charge in [-0.2, -0.15) is 0 Å². The molecular formula is C19H28N2O5. The molecular weight excluding hydrogens is 336 g/mol. The van der Waals surface area contributed by atoms with E-state index in [9.17, 15) is 9.90 Å². The van der Waals surface area contributed by atoms with Crippen LogP contribution in [0.1, 0.15) is 17.5 Å². The van der Waals surface area contributed by atoms with Crippen LogP contribution in [0.2, 0.25) is 0 Å². The summed E-state index contributed by atoms with van der Waals surface area (Å²) in [5.74, 6) is 0.478. The molecule has 2 aliphatic heterocycles. The standard InChI is InChI=1S/C18H26N2O3.CH2O2/c1-14-4-2-3-5-15(14)8-19-17(22)10-20-9-16-6-7-23-13-18(16,11-20)12-21;2-1-3/h2-5,16,21H,6-13H2,1H3,(H,19,22);1H,(H,2,3)/t16-,18+;/m0./s1. The molecule has 1 aromatic rings. The minimum absolute atomic E-state index is 0.0425. The van der Waals surface area contributed by atoms with Gasteiger partial charge in [0.1, 0.15) is 0 Å². The maximum absolute atomic E-state index is 12.2. The van der Waals surface area contributed by atoms with Crippen molar-refractivity contribution < 1.29 is 24.5 Å². The molecule has 2 fully saturated rings. The van der Waals surface area contributed by atoms with Crippen molar-refractivity contribution in [2.45, 2.75) is 19.9 Å². The molecule has 3 N–H and O–H groups in total. The molecule has 0 unspecified atom stereocenters. The SMILES string of the molecule is Cc1ccccc1CNC(=O)CN1C[C@@H]2CCOC[C@]2(CO)C1.O=CO. The first-order chi connectivity index (χ1) is 12.5. The number of likely N-dealkylation sites (tertiary alicyclic amines) is 1. The highest BCUT2D eigenvalue weighted by molar-refractivity contribution is 5.78. The highest BCUT2D eigenvalue weighted by atomic mass is 16.5. The number of aliphatic hydroxyl groups excluding tert-OH is 1. The minimum atomic E-state index is -0.250. The van der Waals surface area contributed by atoms with Crippen LogP contribution in [0.25, 0.3) is 0 Å².